The zero-order chi connectivity index (χ0) is 12.1. The maximum Gasteiger partial charge on any atom is 0.370 e. The average molecular weight is 282 g/mol. The topological polar surface area (TPSA) is 50.7 Å². The second-order valence-corrected chi connectivity index (χ2v) is 3.83. The number of methoxy groups -OCH3 is 1. The first kappa shape index (κ1) is 13.1. The second-order valence-electron chi connectivity index (χ2n) is 2.63. The fourth-order valence-corrected chi connectivity index (χ4v) is 1.39. The van der Waals surface area contributed by atoms with Gasteiger partial charge in [0.05, 0.1) is 17.8 Å². The summed E-state index contributed by atoms with van der Waals surface area (Å²) in [7, 11) is 1.20. The molecule has 1 aromatic carbocycles. The van der Waals surface area contributed by atoms with Gasteiger partial charge in [0, 0.05) is 5.02 Å². The molecule has 7 heteroatoms. The Kier molecular flexibility index (Phi) is 4.86. The van der Waals surface area contributed by atoms with E-state index in [4.69, 9.17) is 34.8 Å². The van der Waals surface area contributed by atoms with Crippen molar-refractivity contribution in [2.75, 3.05) is 12.5 Å². The molecular weight excluding hydrogens is 274 g/mol. The van der Waals surface area contributed by atoms with Crippen molar-refractivity contribution in [1.82, 2.24) is 0 Å². The molecule has 0 unspecified atom stereocenters. The Hall–Kier alpha value is -0.970. The van der Waals surface area contributed by atoms with Crippen LogP contribution in [0.2, 0.25) is 10.0 Å². The van der Waals surface area contributed by atoms with E-state index in [0.717, 1.165) is 0 Å². The van der Waals surface area contributed by atoms with Crippen LogP contribution in [-0.2, 0) is 9.53 Å². The Morgan fingerprint density at radius 3 is 2.69 bits per heavy atom. The molecule has 1 rings (SSSR count). The summed E-state index contributed by atoms with van der Waals surface area (Å²) < 4.78 is 4.35. The number of halogens is 3. The number of anilines is 1. The van der Waals surface area contributed by atoms with Gasteiger partial charge in [-0.05, 0) is 18.2 Å². The Morgan fingerprint density at radius 2 is 2.12 bits per heavy atom. The van der Waals surface area contributed by atoms with Gasteiger partial charge < -0.3 is 4.74 Å². The first-order valence-electron chi connectivity index (χ1n) is 4.07. The van der Waals surface area contributed by atoms with Gasteiger partial charge in [0.25, 0.3) is 0 Å². The normalized spacial score (nSPS) is 11.1. The SMILES string of the molecule is COC(=O)C(Cl)=NNc1ccc(Cl)cc1Cl. The molecular formula is C9H7Cl3N2O2. The molecule has 0 aliphatic rings. The number of esters is 1. The van der Waals surface area contributed by atoms with E-state index in [1.807, 2.05) is 0 Å². The molecule has 0 saturated heterocycles. The average Bonchev–Trinajstić information content (AvgIpc) is 2.26. The number of hydrogen-bond donors (Lipinski definition) is 1. The van der Waals surface area contributed by atoms with E-state index in [9.17, 15) is 4.79 Å². The van der Waals surface area contributed by atoms with Gasteiger partial charge in [-0.2, -0.15) is 5.10 Å². The van der Waals surface area contributed by atoms with Gasteiger partial charge in [0.15, 0.2) is 0 Å². The van der Waals surface area contributed by atoms with Crippen LogP contribution in [0, 0.1) is 0 Å². The maximum absolute atomic E-state index is 10.9. The Labute approximate surface area is 107 Å². The van der Waals surface area contributed by atoms with Crippen LogP contribution in [0.5, 0.6) is 0 Å². The van der Waals surface area contributed by atoms with Gasteiger partial charge >= 0.3 is 5.97 Å². The first-order chi connectivity index (χ1) is 7.54. The van der Waals surface area contributed by atoms with Crippen molar-refractivity contribution in [2.45, 2.75) is 0 Å². The Bertz CT molecular complexity index is 435. The monoisotopic (exact) mass is 280 g/mol. The zero-order valence-electron chi connectivity index (χ0n) is 8.13. The number of carbonyl (C=O) groups is 1. The molecule has 0 aliphatic heterocycles. The van der Waals surface area contributed by atoms with E-state index >= 15 is 0 Å². The summed E-state index contributed by atoms with van der Waals surface area (Å²) in [6.07, 6.45) is 0. The van der Waals surface area contributed by atoms with E-state index in [1.54, 1.807) is 12.1 Å². The summed E-state index contributed by atoms with van der Waals surface area (Å²) in [4.78, 5) is 10.9. The van der Waals surface area contributed by atoms with Crippen molar-refractivity contribution >= 4 is 51.6 Å². The second kappa shape index (κ2) is 5.94. The van der Waals surface area contributed by atoms with Gasteiger partial charge in [-0.3, -0.25) is 5.43 Å². The lowest BCUT2D eigenvalue weighted by atomic mass is 10.3. The standard InChI is InChI=1S/C9H7Cl3N2O2/c1-16-9(15)8(12)14-13-7-3-2-5(10)4-6(7)11/h2-4,13H,1H3. The molecule has 0 saturated carbocycles. The van der Waals surface area contributed by atoms with Crippen molar-refractivity contribution in [3.05, 3.63) is 28.2 Å². The molecule has 0 atom stereocenters. The third kappa shape index (κ3) is 3.56. The highest BCUT2D eigenvalue weighted by Crippen LogP contribution is 2.25. The summed E-state index contributed by atoms with van der Waals surface area (Å²) in [5, 5.41) is 4.13. The largest absolute Gasteiger partial charge is 0.464 e. The number of benzene rings is 1. The fraction of sp³-hybridized carbons (Fsp3) is 0.111. The third-order valence-corrected chi connectivity index (χ3v) is 2.35. The van der Waals surface area contributed by atoms with Crippen LogP contribution in [0.1, 0.15) is 0 Å². The fourth-order valence-electron chi connectivity index (χ4n) is 0.819. The number of carbonyl (C=O) groups excluding carboxylic acids is 1. The molecule has 0 spiro atoms. The number of hydrogen-bond acceptors (Lipinski definition) is 4. The molecule has 1 N–H and O–H groups in total. The highest BCUT2D eigenvalue weighted by Gasteiger charge is 2.08. The van der Waals surface area contributed by atoms with Gasteiger partial charge in [0.1, 0.15) is 0 Å². The number of nitrogens with one attached hydrogen (secondary N) is 1. The molecule has 0 aromatic heterocycles. The van der Waals surface area contributed by atoms with Crippen LogP contribution in [-0.4, -0.2) is 18.2 Å². The van der Waals surface area contributed by atoms with Crippen LogP contribution in [0.25, 0.3) is 0 Å². The number of rotatable bonds is 3. The van der Waals surface area contributed by atoms with Crippen molar-refractivity contribution < 1.29 is 9.53 Å². The molecule has 0 amide bonds. The third-order valence-electron chi connectivity index (χ3n) is 1.56. The predicted molar refractivity (Wildman–Crippen MR) is 65.4 cm³/mol. The van der Waals surface area contributed by atoms with Crippen molar-refractivity contribution in [2.24, 2.45) is 5.10 Å². The molecule has 0 fully saturated rings. The molecule has 4 nitrogen and oxygen atoms in total. The van der Waals surface area contributed by atoms with E-state index in [1.165, 1.54) is 13.2 Å². The molecule has 0 heterocycles. The molecule has 0 radical (unpaired) electrons. The zero-order valence-corrected chi connectivity index (χ0v) is 10.4. The smallest absolute Gasteiger partial charge is 0.370 e. The van der Waals surface area contributed by atoms with Crippen LogP contribution >= 0.6 is 34.8 Å². The lowest BCUT2D eigenvalue weighted by molar-refractivity contribution is -0.132. The maximum atomic E-state index is 10.9. The summed E-state index contributed by atoms with van der Waals surface area (Å²) in [6.45, 7) is 0. The number of nitrogens with zero attached hydrogens (tertiary/aromatic N) is 1. The van der Waals surface area contributed by atoms with E-state index in [0.29, 0.717) is 15.7 Å². The molecule has 1 aromatic rings. The van der Waals surface area contributed by atoms with Gasteiger partial charge in [0.2, 0.25) is 5.17 Å². The first-order valence-corrected chi connectivity index (χ1v) is 5.20. The Morgan fingerprint density at radius 1 is 1.44 bits per heavy atom. The lowest BCUT2D eigenvalue weighted by Crippen LogP contribution is -2.11. The highest BCUT2D eigenvalue weighted by molar-refractivity contribution is 6.82. The molecule has 0 aliphatic carbocycles. The predicted octanol–water partition coefficient (Wildman–Crippen LogP) is 3.13. The summed E-state index contributed by atoms with van der Waals surface area (Å²) in [5.74, 6) is -0.737. The van der Waals surface area contributed by atoms with Crippen molar-refractivity contribution in [1.29, 1.82) is 0 Å². The molecule has 16 heavy (non-hydrogen) atoms. The van der Waals surface area contributed by atoms with Gasteiger partial charge in [-0.25, -0.2) is 4.79 Å². The summed E-state index contributed by atoms with van der Waals surface area (Å²) >= 11 is 17.1. The number of ether oxygens (including phenoxy) is 1. The van der Waals surface area contributed by atoms with Crippen LogP contribution in [0.15, 0.2) is 23.3 Å². The van der Waals surface area contributed by atoms with E-state index < -0.39 is 5.97 Å². The Balaban J connectivity index is 2.78. The molecule has 0 bridgehead atoms. The van der Waals surface area contributed by atoms with E-state index in [2.05, 4.69) is 15.3 Å². The van der Waals surface area contributed by atoms with Gasteiger partial charge in [-0.15, -0.1) is 0 Å². The highest BCUT2D eigenvalue weighted by atomic mass is 35.5. The summed E-state index contributed by atoms with van der Waals surface area (Å²) in [6, 6.07) is 4.76. The molecule has 86 valence electrons. The lowest BCUT2D eigenvalue weighted by Gasteiger charge is -2.03. The van der Waals surface area contributed by atoms with E-state index in [-0.39, 0.29) is 5.17 Å². The van der Waals surface area contributed by atoms with Crippen LogP contribution in [0.3, 0.4) is 0 Å². The number of hydrazone groups is 1. The summed E-state index contributed by atoms with van der Waals surface area (Å²) in [5.41, 5.74) is 3.00. The minimum Gasteiger partial charge on any atom is -0.464 e. The van der Waals surface area contributed by atoms with Crippen LogP contribution in [0.4, 0.5) is 5.69 Å². The van der Waals surface area contributed by atoms with Crippen LogP contribution < -0.4 is 5.43 Å². The van der Waals surface area contributed by atoms with Crippen molar-refractivity contribution in [3.63, 3.8) is 0 Å². The quantitative estimate of drug-likeness (QED) is 0.526. The van der Waals surface area contributed by atoms with Gasteiger partial charge in [-0.1, -0.05) is 34.8 Å². The minimum atomic E-state index is -0.737. The minimum absolute atomic E-state index is 0.325. The van der Waals surface area contributed by atoms with Crippen molar-refractivity contribution in [3.8, 4) is 0 Å².